The molecule has 0 radical (unpaired) electrons. The maximum absolute atomic E-state index is 12.0. The molecule has 1 heterocycles. The average Bonchev–Trinajstić information content (AvgIpc) is 2.92. The molecule has 0 spiro atoms. The predicted molar refractivity (Wildman–Crippen MR) is 95.7 cm³/mol. The van der Waals surface area contributed by atoms with Crippen molar-refractivity contribution in [1.29, 1.82) is 0 Å². The molecule has 134 valence electrons. The molecule has 2 aromatic rings. The summed E-state index contributed by atoms with van der Waals surface area (Å²) in [4.78, 5) is 25.4. The molecule has 1 aromatic carbocycles. The lowest BCUT2D eigenvalue weighted by Gasteiger charge is -2.17. The van der Waals surface area contributed by atoms with Crippen LogP contribution in [-0.4, -0.2) is 43.6 Å². The summed E-state index contributed by atoms with van der Waals surface area (Å²) >= 11 is 3.35. The summed E-state index contributed by atoms with van der Waals surface area (Å²) in [5.74, 6) is 0.957. The first kappa shape index (κ1) is 19.1. The van der Waals surface area contributed by atoms with Gasteiger partial charge in [-0.2, -0.15) is 0 Å². The summed E-state index contributed by atoms with van der Waals surface area (Å²) in [5, 5.41) is 0. The van der Waals surface area contributed by atoms with E-state index >= 15 is 0 Å². The molecule has 0 aliphatic carbocycles. The summed E-state index contributed by atoms with van der Waals surface area (Å²) in [6.45, 7) is 3.83. The van der Waals surface area contributed by atoms with Gasteiger partial charge in [0.25, 0.3) is 5.91 Å². The van der Waals surface area contributed by atoms with Crippen LogP contribution in [0.2, 0.25) is 0 Å². The number of benzene rings is 1. The van der Waals surface area contributed by atoms with Crippen LogP contribution in [0.1, 0.15) is 21.9 Å². The number of furan rings is 1. The topological polar surface area (TPSA) is 69.0 Å². The SMILES string of the molecule is Cc1cc(C(=O)OCC(=O)N(C)CCOc2ccc(Br)cc2)c(C)o1. The molecule has 1 amide bonds. The van der Waals surface area contributed by atoms with Gasteiger partial charge in [0, 0.05) is 11.5 Å². The van der Waals surface area contributed by atoms with Crippen molar-refractivity contribution in [3.63, 3.8) is 0 Å². The van der Waals surface area contributed by atoms with Gasteiger partial charge in [-0.05, 0) is 44.2 Å². The Morgan fingerprint density at radius 2 is 1.88 bits per heavy atom. The van der Waals surface area contributed by atoms with Crippen molar-refractivity contribution in [1.82, 2.24) is 4.90 Å². The molecule has 1 aromatic heterocycles. The maximum Gasteiger partial charge on any atom is 0.342 e. The number of hydrogen-bond acceptors (Lipinski definition) is 5. The minimum Gasteiger partial charge on any atom is -0.492 e. The van der Waals surface area contributed by atoms with Crippen LogP contribution in [0.3, 0.4) is 0 Å². The van der Waals surface area contributed by atoms with Gasteiger partial charge in [-0.15, -0.1) is 0 Å². The van der Waals surface area contributed by atoms with Crippen LogP contribution < -0.4 is 4.74 Å². The van der Waals surface area contributed by atoms with Crippen LogP contribution in [0, 0.1) is 13.8 Å². The molecule has 0 atom stereocenters. The quantitative estimate of drug-likeness (QED) is 0.655. The number of nitrogens with zero attached hydrogens (tertiary/aromatic N) is 1. The molecule has 25 heavy (non-hydrogen) atoms. The summed E-state index contributed by atoms with van der Waals surface area (Å²) in [6, 6.07) is 9.02. The summed E-state index contributed by atoms with van der Waals surface area (Å²) < 4.78 is 16.9. The highest BCUT2D eigenvalue weighted by molar-refractivity contribution is 9.10. The number of ether oxygens (including phenoxy) is 2. The largest absolute Gasteiger partial charge is 0.492 e. The molecule has 7 heteroatoms. The number of hydrogen-bond donors (Lipinski definition) is 0. The molecule has 0 saturated carbocycles. The first-order valence-corrected chi connectivity index (χ1v) is 8.52. The summed E-state index contributed by atoms with van der Waals surface area (Å²) in [7, 11) is 1.63. The molecule has 0 aliphatic rings. The monoisotopic (exact) mass is 409 g/mol. The van der Waals surface area contributed by atoms with Crippen molar-refractivity contribution >= 4 is 27.8 Å². The van der Waals surface area contributed by atoms with Gasteiger partial charge in [-0.1, -0.05) is 15.9 Å². The maximum atomic E-state index is 12.0. The van der Waals surface area contributed by atoms with Crippen molar-refractivity contribution in [2.45, 2.75) is 13.8 Å². The Morgan fingerprint density at radius 3 is 2.48 bits per heavy atom. The number of rotatable bonds is 7. The van der Waals surface area contributed by atoms with Crippen LogP contribution in [-0.2, 0) is 9.53 Å². The Kier molecular flexibility index (Phi) is 6.64. The summed E-state index contributed by atoms with van der Waals surface area (Å²) in [5.41, 5.74) is 0.339. The van der Waals surface area contributed by atoms with E-state index in [9.17, 15) is 9.59 Å². The van der Waals surface area contributed by atoms with E-state index in [1.807, 2.05) is 24.3 Å². The average molecular weight is 410 g/mol. The van der Waals surface area contributed by atoms with Gasteiger partial charge in [0.15, 0.2) is 6.61 Å². The summed E-state index contributed by atoms with van der Waals surface area (Å²) in [6.07, 6.45) is 0. The fourth-order valence-corrected chi connectivity index (χ4v) is 2.37. The number of aryl methyl sites for hydroxylation is 2. The van der Waals surface area contributed by atoms with Gasteiger partial charge in [-0.3, -0.25) is 4.79 Å². The Bertz CT molecular complexity index is 738. The third-order valence-corrected chi connectivity index (χ3v) is 4.05. The molecule has 0 saturated heterocycles. The van der Waals surface area contributed by atoms with E-state index in [-0.39, 0.29) is 12.5 Å². The highest BCUT2D eigenvalue weighted by atomic mass is 79.9. The van der Waals surface area contributed by atoms with E-state index in [4.69, 9.17) is 13.9 Å². The first-order chi connectivity index (χ1) is 11.9. The highest BCUT2D eigenvalue weighted by Gasteiger charge is 2.17. The zero-order chi connectivity index (χ0) is 18.4. The highest BCUT2D eigenvalue weighted by Crippen LogP contribution is 2.16. The molecular formula is C18H20BrNO5. The molecule has 0 unspecified atom stereocenters. The number of carbonyl (C=O) groups is 2. The van der Waals surface area contributed by atoms with Gasteiger partial charge in [0.2, 0.25) is 0 Å². The van der Waals surface area contributed by atoms with Gasteiger partial charge in [-0.25, -0.2) is 4.79 Å². The molecule has 2 rings (SSSR count). The number of halogens is 1. The van der Waals surface area contributed by atoms with Gasteiger partial charge < -0.3 is 18.8 Å². The first-order valence-electron chi connectivity index (χ1n) is 7.73. The lowest BCUT2D eigenvalue weighted by Crippen LogP contribution is -2.34. The predicted octanol–water partition coefficient (Wildman–Crippen LogP) is 3.35. The second kappa shape index (κ2) is 8.71. The lowest BCUT2D eigenvalue weighted by molar-refractivity contribution is -0.133. The van der Waals surface area contributed by atoms with E-state index in [2.05, 4.69) is 15.9 Å². The fraction of sp³-hybridized carbons (Fsp3) is 0.333. The third-order valence-electron chi connectivity index (χ3n) is 3.52. The van der Waals surface area contributed by atoms with Crippen molar-refractivity contribution in [3.05, 3.63) is 51.9 Å². The molecule has 0 fully saturated rings. The number of likely N-dealkylation sites (N-methyl/N-ethyl adjacent to an activating group) is 1. The Labute approximate surface area is 154 Å². The molecule has 0 N–H and O–H groups in total. The van der Waals surface area contributed by atoms with Crippen molar-refractivity contribution < 1.29 is 23.5 Å². The second-order valence-electron chi connectivity index (χ2n) is 5.52. The van der Waals surface area contributed by atoms with Crippen LogP contribution in [0.25, 0.3) is 0 Å². The lowest BCUT2D eigenvalue weighted by atomic mass is 10.2. The van der Waals surface area contributed by atoms with Crippen molar-refractivity contribution in [2.75, 3.05) is 26.8 Å². The van der Waals surface area contributed by atoms with E-state index in [0.717, 1.165) is 10.2 Å². The second-order valence-corrected chi connectivity index (χ2v) is 6.44. The number of esters is 1. The Morgan fingerprint density at radius 1 is 1.20 bits per heavy atom. The molecule has 6 nitrogen and oxygen atoms in total. The minimum atomic E-state index is -0.567. The van der Waals surface area contributed by atoms with E-state index in [1.54, 1.807) is 27.0 Å². The molecule has 0 bridgehead atoms. The number of amides is 1. The molecular weight excluding hydrogens is 390 g/mol. The van der Waals surface area contributed by atoms with Crippen molar-refractivity contribution in [3.8, 4) is 5.75 Å². The zero-order valence-corrected chi connectivity index (χ0v) is 16.0. The normalized spacial score (nSPS) is 10.4. The fourth-order valence-electron chi connectivity index (χ4n) is 2.10. The van der Waals surface area contributed by atoms with Crippen LogP contribution >= 0.6 is 15.9 Å². The van der Waals surface area contributed by atoms with Crippen LogP contribution in [0.5, 0.6) is 5.75 Å². The minimum absolute atomic E-state index is 0.300. The van der Waals surface area contributed by atoms with Crippen molar-refractivity contribution in [2.24, 2.45) is 0 Å². The van der Waals surface area contributed by atoms with Gasteiger partial charge in [0.05, 0.1) is 6.54 Å². The third kappa shape index (κ3) is 5.63. The van der Waals surface area contributed by atoms with Crippen LogP contribution in [0.4, 0.5) is 0 Å². The van der Waals surface area contributed by atoms with E-state index in [1.165, 1.54) is 4.90 Å². The Balaban J connectivity index is 1.73. The molecule has 0 aliphatic heterocycles. The smallest absolute Gasteiger partial charge is 0.342 e. The van der Waals surface area contributed by atoms with E-state index < -0.39 is 5.97 Å². The Hall–Kier alpha value is -2.28. The van der Waals surface area contributed by atoms with Crippen LogP contribution in [0.15, 0.2) is 39.2 Å². The number of carbonyl (C=O) groups excluding carboxylic acids is 2. The zero-order valence-electron chi connectivity index (χ0n) is 14.4. The van der Waals surface area contributed by atoms with Gasteiger partial charge >= 0.3 is 5.97 Å². The standard InChI is InChI=1S/C18H20BrNO5/c1-12-10-16(13(2)25-12)18(22)24-11-17(21)20(3)8-9-23-15-6-4-14(19)5-7-15/h4-7,10H,8-9,11H2,1-3H3. The van der Waals surface area contributed by atoms with Gasteiger partial charge in [0.1, 0.15) is 29.4 Å². The van der Waals surface area contributed by atoms with E-state index in [0.29, 0.717) is 30.2 Å².